The van der Waals surface area contributed by atoms with Gasteiger partial charge in [0.1, 0.15) is 5.75 Å². The first-order chi connectivity index (χ1) is 10.3. The van der Waals surface area contributed by atoms with Gasteiger partial charge in [-0.2, -0.15) is 0 Å². The SMILES string of the molecule is COc1ccc(S(=O)(=O)Nc2cccc(C(C)=O)c2)c(C)c1. The summed E-state index contributed by atoms with van der Waals surface area (Å²) in [6.45, 7) is 3.13. The molecule has 5 nitrogen and oxygen atoms in total. The number of rotatable bonds is 5. The van der Waals surface area contributed by atoms with Crippen molar-refractivity contribution in [3.8, 4) is 5.75 Å². The van der Waals surface area contributed by atoms with Gasteiger partial charge in [-0.1, -0.05) is 12.1 Å². The van der Waals surface area contributed by atoms with E-state index in [1.807, 2.05) is 0 Å². The van der Waals surface area contributed by atoms with E-state index in [1.165, 1.54) is 26.2 Å². The molecule has 116 valence electrons. The highest BCUT2D eigenvalue weighted by Crippen LogP contribution is 2.23. The number of methoxy groups -OCH3 is 1. The minimum atomic E-state index is -3.73. The predicted molar refractivity (Wildman–Crippen MR) is 85.0 cm³/mol. The first-order valence-corrected chi connectivity index (χ1v) is 8.10. The van der Waals surface area contributed by atoms with E-state index in [4.69, 9.17) is 4.74 Å². The second kappa shape index (κ2) is 6.19. The fourth-order valence-electron chi connectivity index (χ4n) is 2.06. The Morgan fingerprint density at radius 1 is 1.14 bits per heavy atom. The van der Waals surface area contributed by atoms with Crippen LogP contribution in [0, 0.1) is 6.92 Å². The summed E-state index contributed by atoms with van der Waals surface area (Å²) >= 11 is 0. The van der Waals surface area contributed by atoms with E-state index in [0.717, 1.165) is 0 Å². The van der Waals surface area contributed by atoms with Gasteiger partial charge in [0.2, 0.25) is 0 Å². The fourth-order valence-corrected chi connectivity index (χ4v) is 3.34. The number of aryl methyl sites for hydroxylation is 1. The number of nitrogens with one attached hydrogen (secondary N) is 1. The maximum Gasteiger partial charge on any atom is 0.262 e. The lowest BCUT2D eigenvalue weighted by Crippen LogP contribution is -2.14. The smallest absolute Gasteiger partial charge is 0.262 e. The molecule has 2 aromatic rings. The summed E-state index contributed by atoms with van der Waals surface area (Å²) in [6, 6.07) is 11.1. The van der Waals surface area contributed by atoms with Crippen LogP contribution in [0.4, 0.5) is 5.69 Å². The van der Waals surface area contributed by atoms with Gasteiger partial charge in [-0.25, -0.2) is 8.42 Å². The van der Waals surface area contributed by atoms with Crippen LogP contribution in [-0.2, 0) is 10.0 Å². The Kier molecular flexibility index (Phi) is 4.51. The first-order valence-electron chi connectivity index (χ1n) is 6.62. The highest BCUT2D eigenvalue weighted by molar-refractivity contribution is 7.92. The monoisotopic (exact) mass is 319 g/mol. The van der Waals surface area contributed by atoms with E-state index in [-0.39, 0.29) is 10.7 Å². The maximum absolute atomic E-state index is 12.5. The van der Waals surface area contributed by atoms with Crippen molar-refractivity contribution in [3.05, 3.63) is 53.6 Å². The molecular formula is C16H17NO4S. The molecule has 0 amide bonds. The van der Waals surface area contributed by atoms with Crippen molar-refractivity contribution in [2.24, 2.45) is 0 Å². The first kappa shape index (κ1) is 16.0. The second-order valence-corrected chi connectivity index (χ2v) is 6.52. The molecule has 0 atom stereocenters. The molecule has 0 bridgehead atoms. The van der Waals surface area contributed by atoms with Crippen molar-refractivity contribution in [2.45, 2.75) is 18.7 Å². The molecule has 0 fully saturated rings. The number of ether oxygens (including phenoxy) is 1. The highest BCUT2D eigenvalue weighted by Gasteiger charge is 2.17. The van der Waals surface area contributed by atoms with Gasteiger partial charge in [-0.3, -0.25) is 9.52 Å². The summed E-state index contributed by atoms with van der Waals surface area (Å²) in [5.74, 6) is 0.469. The van der Waals surface area contributed by atoms with Crippen LogP contribution < -0.4 is 9.46 Å². The number of carbonyl (C=O) groups excluding carboxylic acids is 1. The van der Waals surface area contributed by atoms with E-state index >= 15 is 0 Å². The molecule has 0 saturated heterocycles. The molecule has 0 heterocycles. The lowest BCUT2D eigenvalue weighted by Gasteiger charge is -2.12. The Bertz CT molecular complexity index is 813. The third kappa shape index (κ3) is 3.46. The molecule has 0 spiro atoms. The largest absolute Gasteiger partial charge is 0.497 e. The third-order valence-corrected chi connectivity index (χ3v) is 4.73. The van der Waals surface area contributed by atoms with Gasteiger partial charge in [0.15, 0.2) is 5.78 Å². The van der Waals surface area contributed by atoms with E-state index in [2.05, 4.69) is 4.72 Å². The zero-order chi connectivity index (χ0) is 16.3. The molecule has 2 aromatic carbocycles. The van der Waals surface area contributed by atoms with Crippen LogP contribution in [0.25, 0.3) is 0 Å². The molecule has 0 aliphatic heterocycles. The Morgan fingerprint density at radius 3 is 2.45 bits per heavy atom. The molecule has 6 heteroatoms. The normalized spacial score (nSPS) is 11.0. The molecule has 0 radical (unpaired) electrons. The van der Waals surface area contributed by atoms with Crippen LogP contribution in [0.1, 0.15) is 22.8 Å². The van der Waals surface area contributed by atoms with Gasteiger partial charge in [0, 0.05) is 11.3 Å². The number of hydrogen-bond acceptors (Lipinski definition) is 4. The van der Waals surface area contributed by atoms with E-state index < -0.39 is 10.0 Å². The van der Waals surface area contributed by atoms with Crippen LogP contribution in [0.2, 0.25) is 0 Å². The summed E-state index contributed by atoms with van der Waals surface area (Å²) in [5, 5.41) is 0. The van der Waals surface area contributed by atoms with Crippen LogP contribution in [0.5, 0.6) is 5.75 Å². The van der Waals surface area contributed by atoms with Gasteiger partial charge >= 0.3 is 0 Å². The zero-order valence-electron chi connectivity index (χ0n) is 12.6. The summed E-state index contributed by atoms with van der Waals surface area (Å²) in [5.41, 5.74) is 1.38. The molecule has 0 aliphatic rings. The number of hydrogen-bond donors (Lipinski definition) is 1. The Balaban J connectivity index is 2.36. The number of benzene rings is 2. The number of ketones is 1. The number of carbonyl (C=O) groups is 1. The van der Waals surface area contributed by atoms with Crippen molar-refractivity contribution in [1.29, 1.82) is 0 Å². The lowest BCUT2D eigenvalue weighted by atomic mass is 10.1. The van der Waals surface area contributed by atoms with Crippen molar-refractivity contribution in [2.75, 3.05) is 11.8 Å². The lowest BCUT2D eigenvalue weighted by molar-refractivity contribution is 0.101. The highest BCUT2D eigenvalue weighted by atomic mass is 32.2. The summed E-state index contributed by atoms with van der Waals surface area (Å²) in [4.78, 5) is 11.5. The summed E-state index contributed by atoms with van der Waals surface area (Å²) in [6.07, 6.45) is 0. The average Bonchev–Trinajstić information content (AvgIpc) is 2.46. The summed E-state index contributed by atoms with van der Waals surface area (Å²) in [7, 11) is -2.21. The number of anilines is 1. The quantitative estimate of drug-likeness (QED) is 0.860. The molecule has 22 heavy (non-hydrogen) atoms. The van der Waals surface area contributed by atoms with E-state index in [0.29, 0.717) is 22.6 Å². The van der Waals surface area contributed by atoms with Crippen molar-refractivity contribution >= 4 is 21.5 Å². The molecule has 0 aliphatic carbocycles. The van der Waals surface area contributed by atoms with Crippen molar-refractivity contribution in [3.63, 3.8) is 0 Å². The van der Waals surface area contributed by atoms with Crippen molar-refractivity contribution < 1.29 is 17.9 Å². The van der Waals surface area contributed by atoms with Gasteiger partial charge in [-0.05, 0) is 49.7 Å². The third-order valence-electron chi connectivity index (χ3n) is 3.19. The Hall–Kier alpha value is -2.34. The van der Waals surface area contributed by atoms with E-state index in [1.54, 1.807) is 37.3 Å². The minimum Gasteiger partial charge on any atom is -0.497 e. The van der Waals surface area contributed by atoms with Crippen LogP contribution in [0.15, 0.2) is 47.4 Å². The summed E-state index contributed by atoms with van der Waals surface area (Å²) < 4.78 is 32.5. The molecule has 0 aromatic heterocycles. The fraction of sp³-hybridized carbons (Fsp3) is 0.188. The number of sulfonamides is 1. The molecule has 1 N–H and O–H groups in total. The molecular weight excluding hydrogens is 302 g/mol. The Morgan fingerprint density at radius 2 is 1.86 bits per heavy atom. The van der Waals surface area contributed by atoms with Gasteiger partial charge in [0.25, 0.3) is 10.0 Å². The van der Waals surface area contributed by atoms with Crippen LogP contribution in [0.3, 0.4) is 0 Å². The van der Waals surface area contributed by atoms with Gasteiger partial charge in [0.05, 0.1) is 12.0 Å². The van der Waals surface area contributed by atoms with E-state index in [9.17, 15) is 13.2 Å². The predicted octanol–water partition coefficient (Wildman–Crippen LogP) is 3.01. The molecule has 0 unspecified atom stereocenters. The average molecular weight is 319 g/mol. The Labute approximate surface area is 130 Å². The number of Topliss-reactive ketones (excluding diaryl/α,β-unsaturated/α-hetero) is 1. The van der Waals surface area contributed by atoms with Gasteiger partial charge < -0.3 is 4.74 Å². The zero-order valence-corrected chi connectivity index (χ0v) is 13.4. The van der Waals surface area contributed by atoms with Crippen LogP contribution >= 0.6 is 0 Å². The topological polar surface area (TPSA) is 72.5 Å². The second-order valence-electron chi connectivity index (χ2n) is 4.87. The standard InChI is InChI=1S/C16H17NO4S/c1-11-9-15(21-3)7-8-16(11)22(19,20)17-14-6-4-5-13(10-14)12(2)18/h4-10,17H,1-3H3. The molecule has 0 saturated carbocycles. The van der Waals surface area contributed by atoms with Crippen molar-refractivity contribution in [1.82, 2.24) is 0 Å². The van der Waals surface area contributed by atoms with Crippen LogP contribution in [-0.4, -0.2) is 21.3 Å². The maximum atomic E-state index is 12.5. The van der Waals surface area contributed by atoms with Gasteiger partial charge in [-0.15, -0.1) is 0 Å². The molecule has 2 rings (SSSR count). The minimum absolute atomic E-state index is 0.123.